The van der Waals surface area contributed by atoms with E-state index in [4.69, 9.17) is 44.5 Å². The number of pyridine rings is 1. The summed E-state index contributed by atoms with van der Waals surface area (Å²) in [5, 5.41) is 7.79. The minimum absolute atomic E-state index is 0.0346. The molecule has 252 valence electrons. The van der Waals surface area contributed by atoms with E-state index in [1.165, 1.54) is 0 Å². The maximum absolute atomic E-state index is 14.2. The highest BCUT2D eigenvalue weighted by Crippen LogP contribution is 2.38. The number of nitrogens with one attached hydrogen (secondary N) is 2. The number of carbonyl (C=O) groups excluding carboxylic acids is 1. The monoisotopic (exact) mass is 705 g/mol. The van der Waals surface area contributed by atoms with Gasteiger partial charge in [-0.3, -0.25) is 4.79 Å². The molecule has 1 aromatic heterocycles. The largest absolute Gasteiger partial charge is 0.485 e. The number of piperidine rings is 1. The van der Waals surface area contributed by atoms with Crippen molar-refractivity contribution in [1.82, 2.24) is 20.5 Å². The first-order chi connectivity index (χ1) is 22.7. The van der Waals surface area contributed by atoms with Crippen LogP contribution in [-0.2, 0) is 17.9 Å². The lowest BCUT2D eigenvalue weighted by molar-refractivity contribution is -0.138. The summed E-state index contributed by atoms with van der Waals surface area (Å²) in [5.41, 5.74) is 3.72. The standard InChI is InChI=1S/C35H40Cl3F2N5O2/c1-21-12-30(37)34(31(38)13-21)47-26-9-11-44(20-26)33-7-3-23(16-43-33)27-8-10-41-17-28(27)35(46)45(25-4-5-25)19-24-14-22(2-6-29(24)36)15-42-18-32(39)40/h2-3,6-7,12-14,16,25-28,32,41-42H,4-5,8-11,15,17-20H2,1H3/t26-,27?,28?/m0/s1. The number of anilines is 1. The van der Waals surface area contributed by atoms with Gasteiger partial charge in [-0.2, -0.15) is 0 Å². The van der Waals surface area contributed by atoms with Crippen LogP contribution in [0.1, 0.15) is 53.9 Å². The molecule has 6 rings (SSSR count). The van der Waals surface area contributed by atoms with Crippen molar-refractivity contribution in [2.75, 3.05) is 37.6 Å². The van der Waals surface area contributed by atoms with Gasteiger partial charge >= 0.3 is 0 Å². The molecule has 2 saturated heterocycles. The van der Waals surface area contributed by atoms with Crippen molar-refractivity contribution in [3.05, 3.63) is 86.0 Å². The molecular formula is C35H40Cl3F2N5O2. The van der Waals surface area contributed by atoms with Crippen molar-refractivity contribution in [3.63, 3.8) is 0 Å². The molecule has 3 fully saturated rings. The zero-order chi connectivity index (χ0) is 33.1. The number of aromatic nitrogens is 1. The Morgan fingerprint density at radius 1 is 1.09 bits per heavy atom. The van der Waals surface area contributed by atoms with Gasteiger partial charge < -0.3 is 25.2 Å². The van der Waals surface area contributed by atoms with Crippen LogP contribution >= 0.6 is 34.8 Å². The van der Waals surface area contributed by atoms with Gasteiger partial charge in [0.1, 0.15) is 11.9 Å². The Morgan fingerprint density at radius 2 is 1.87 bits per heavy atom. The van der Waals surface area contributed by atoms with E-state index in [9.17, 15) is 13.6 Å². The molecule has 2 aromatic carbocycles. The Labute approximate surface area is 289 Å². The average molecular weight is 707 g/mol. The van der Waals surface area contributed by atoms with Gasteiger partial charge in [-0.1, -0.05) is 53.0 Å². The van der Waals surface area contributed by atoms with Gasteiger partial charge in [0.2, 0.25) is 5.91 Å². The highest BCUT2D eigenvalue weighted by Gasteiger charge is 2.40. The van der Waals surface area contributed by atoms with Crippen molar-refractivity contribution in [1.29, 1.82) is 0 Å². The SMILES string of the molecule is Cc1cc(Cl)c(O[C@H]2CCN(c3ccc(C4CCNCC4C(=O)N(Cc4cc(CNCC(F)F)ccc4Cl)C4CC4)cn3)C2)c(Cl)c1. The van der Waals surface area contributed by atoms with Gasteiger partial charge in [0.25, 0.3) is 6.43 Å². The zero-order valence-electron chi connectivity index (χ0n) is 26.3. The number of carbonyl (C=O) groups is 1. The van der Waals surface area contributed by atoms with E-state index in [1.807, 2.05) is 48.4 Å². The van der Waals surface area contributed by atoms with Crippen molar-refractivity contribution < 1.29 is 18.3 Å². The summed E-state index contributed by atoms with van der Waals surface area (Å²) >= 11 is 19.4. The fraction of sp³-hybridized carbons (Fsp3) is 0.486. The summed E-state index contributed by atoms with van der Waals surface area (Å²) in [4.78, 5) is 23.2. The second-order valence-electron chi connectivity index (χ2n) is 12.8. The van der Waals surface area contributed by atoms with Crippen LogP contribution in [0.3, 0.4) is 0 Å². The summed E-state index contributed by atoms with van der Waals surface area (Å²) in [6.07, 6.45) is 3.03. The van der Waals surface area contributed by atoms with Gasteiger partial charge in [0, 0.05) is 49.9 Å². The van der Waals surface area contributed by atoms with Crippen LogP contribution in [0.15, 0.2) is 48.7 Å². The molecule has 3 aliphatic rings. The first-order valence-electron chi connectivity index (χ1n) is 16.3. The van der Waals surface area contributed by atoms with E-state index < -0.39 is 6.43 Å². The third-order valence-electron chi connectivity index (χ3n) is 9.24. The number of nitrogens with zero attached hydrogens (tertiary/aromatic N) is 3. The lowest BCUT2D eigenvalue weighted by Gasteiger charge is -2.36. The summed E-state index contributed by atoms with van der Waals surface area (Å²) in [6.45, 7) is 5.16. The molecular weight excluding hydrogens is 667 g/mol. The quantitative estimate of drug-likeness (QED) is 0.207. The molecule has 0 bridgehead atoms. The minimum atomic E-state index is -2.41. The van der Waals surface area contributed by atoms with Crippen LogP contribution in [0.25, 0.3) is 0 Å². The number of amides is 1. The maximum Gasteiger partial charge on any atom is 0.250 e. The molecule has 7 nitrogen and oxygen atoms in total. The summed E-state index contributed by atoms with van der Waals surface area (Å²) < 4.78 is 31.5. The number of benzene rings is 2. The zero-order valence-corrected chi connectivity index (χ0v) is 28.6. The topological polar surface area (TPSA) is 69.7 Å². The third kappa shape index (κ3) is 8.49. The van der Waals surface area contributed by atoms with Crippen LogP contribution in [0.5, 0.6) is 5.75 Å². The lowest BCUT2D eigenvalue weighted by atomic mass is 9.80. The van der Waals surface area contributed by atoms with E-state index in [0.29, 0.717) is 47.0 Å². The molecule has 1 saturated carbocycles. The van der Waals surface area contributed by atoms with Gasteiger partial charge in [-0.15, -0.1) is 0 Å². The van der Waals surface area contributed by atoms with Crippen LogP contribution in [0, 0.1) is 12.8 Å². The Hall–Kier alpha value is -2.69. The molecule has 2 N–H and O–H groups in total. The smallest absolute Gasteiger partial charge is 0.250 e. The second kappa shape index (κ2) is 15.2. The lowest BCUT2D eigenvalue weighted by Crippen LogP contribution is -2.47. The number of aryl methyl sites for hydroxylation is 1. The van der Waals surface area contributed by atoms with Crippen LogP contribution in [0.4, 0.5) is 14.6 Å². The number of ether oxygens (including phenoxy) is 1. The normalized spacial score (nSPS) is 21.3. The molecule has 1 aliphatic carbocycles. The average Bonchev–Trinajstić information content (AvgIpc) is 3.79. The van der Waals surface area contributed by atoms with Gasteiger partial charge in [-0.05, 0) is 85.2 Å². The second-order valence-corrected chi connectivity index (χ2v) is 14.1. The van der Waals surface area contributed by atoms with Crippen molar-refractivity contribution in [2.45, 2.75) is 70.2 Å². The first kappa shape index (κ1) is 34.2. The molecule has 2 aliphatic heterocycles. The number of rotatable bonds is 12. The van der Waals surface area contributed by atoms with Crippen molar-refractivity contribution >= 4 is 46.5 Å². The maximum atomic E-state index is 14.2. The molecule has 0 spiro atoms. The molecule has 3 heterocycles. The molecule has 47 heavy (non-hydrogen) atoms. The molecule has 12 heteroatoms. The van der Waals surface area contributed by atoms with Gasteiger partial charge in [0.15, 0.2) is 5.75 Å². The van der Waals surface area contributed by atoms with Gasteiger partial charge in [0.05, 0.1) is 29.1 Å². The van der Waals surface area contributed by atoms with Crippen LogP contribution in [-0.4, -0.2) is 67.1 Å². The van der Waals surface area contributed by atoms with Crippen LogP contribution < -0.4 is 20.3 Å². The summed E-state index contributed by atoms with van der Waals surface area (Å²) in [6, 6.07) is 13.6. The predicted molar refractivity (Wildman–Crippen MR) is 183 cm³/mol. The summed E-state index contributed by atoms with van der Waals surface area (Å²) in [5.74, 6) is 1.30. The third-order valence-corrected chi connectivity index (χ3v) is 10.2. The molecule has 3 aromatic rings. The molecule has 0 radical (unpaired) electrons. The molecule has 2 unspecified atom stereocenters. The Morgan fingerprint density at radius 3 is 2.57 bits per heavy atom. The Balaban J connectivity index is 1.11. The predicted octanol–water partition coefficient (Wildman–Crippen LogP) is 7.25. The fourth-order valence-corrected chi connectivity index (χ4v) is 7.54. The van der Waals surface area contributed by atoms with E-state index in [0.717, 1.165) is 66.8 Å². The van der Waals surface area contributed by atoms with Crippen molar-refractivity contribution in [3.8, 4) is 5.75 Å². The van der Waals surface area contributed by atoms with E-state index in [2.05, 4.69) is 21.6 Å². The number of alkyl halides is 2. The number of halogens is 5. The Bertz CT molecular complexity index is 1540. The van der Waals surface area contributed by atoms with Gasteiger partial charge in [-0.25, -0.2) is 13.8 Å². The number of hydrogen-bond acceptors (Lipinski definition) is 6. The molecule has 1 amide bonds. The fourth-order valence-electron chi connectivity index (χ4n) is 6.67. The summed E-state index contributed by atoms with van der Waals surface area (Å²) in [7, 11) is 0. The molecule has 3 atom stereocenters. The highest BCUT2D eigenvalue weighted by atomic mass is 35.5. The van der Waals surface area contributed by atoms with Crippen LogP contribution in [0.2, 0.25) is 15.1 Å². The van der Waals surface area contributed by atoms with Crippen molar-refractivity contribution in [2.24, 2.45) is 5.92 Å². The van der Waals surface area contributed by atoms with E-state index in [-0.39, 0.29) is 36.4 Å². The number of hydrogen-bond donors (Lipinski definition) is 2. The highest BCUT2D eigenvalue weighted by molar-refractivity contribution is 6.37. The first-order valence-corrected chi connectivity index (χ1v) is 17.4. The van der Waals surface area contributed by atoms with E-state index in [1.54, 1.807) is 6.07 Å². The Kier molecular flexibility index (Phi) is 11.1. The minimum Gasteiger partial charge on any atom is -0.485 e. The van der Waals surface area contributed by atoms with E-state index >= 15 is 0 Å².